The SMILES string of the molecule is CC1(C)SC2CCCCN2C(=O)[C@H]1NC(=O)OCC1c2ccccc2-c2ccccc21. The van der Waals surface area contributed by atoms with Crippen molar-refractivity contribution in [3.8, 4) is 11.1 Å². The number of carbonyl (C=O) groups is 2. The fourth-order valence-electron chi connectivity index (χ4n) is 5.15. The van der Waals surface area contributed by atoms with Gasteiger partial charge in [-0.2, -0.15) is 0 Å². The molecule has 0 radical (unpaired) electrons. The monoisotopic (exact) mass is 436 g/mol. The molecule has 2 atom stereocenters. The molecular weight excluding hydrogens is 408 g/mol. The van der Waals surface area contributed by atoms with Crippen molar-refractivity contribution in [1.82, 2.24) is 10.2 Å². The number of nitrogens with one attached hydrogen (secondary N) is 1. The van der Waals surface area contributed by atoms with Crippen molar-refractivity contribution in [2.45, 2.75) is 55.2 Å². The molecule has 2 fully saturated rings. The Bertz CT molecular complexity index is 976. The molecule has 6 heteroatoms. The number of fused-ring (bicyclic) bond motifs is 4. The lowest BCUT2D eigenvalue weighted by atomic mass is 9.98. The molecule has 162 valence electrons. The highest BCUT2D eigenvalue weighted by Gasteiger charge is 2.48. The average molecular weight is 437 g/mol. The first-order chi connectivity index (χ1) is 15.0. The van der Waals surface area contributed by atoms with Crippen molar-refractivity contribution < 1.29 is 14.3 Å². The number of hydrogen-bond donors (Lipinski definition) is 1. The molecule has 1 unspecified atom stereocenters. The van der Waals surface area contributed by atoms with Gasteiger partial charge in [-0.3, -0.25) is 4.79 Å². The summed E-state index contributed by atoms with van der Waals surface area (Å²) < 4.78 is 5.32. The molecular formula is C25H28N2O3S. The van der Waals surface area contributed by atoms with Crippen molar-refractivity contribution in [3.05, 3.63) is 59.7 Å². The fraction of sp³-hybridized carbons (Fsp3) is 0.440. The third-order valence-electron chi connectivity index (χ3n) is 6.72. The van der Waals surface area contributed by atoms with Crippen molar-refractivity contribution in [1.29, 1.82) is 0 Å². The van der Waals surface area contributed by atoms with E-state index >= 15 is 0 Å². The fourth-order valence-corrected chi connectivity index (χ4v) is 6.77. The van der Waals surface area contributed by atoms with Crippen LogP contribution in [0, 0.1) is 0 Å². The van der Waals surface area contributed by atoms with Crippen LogP contribution in [0.4, 0.5) is 4.79 Å². The number of alkyl carbamates (subject to hydrolysis) is 1. The van der Waals surface area contributed by atoms with E-state index in [0.717, 1.165) is 25.8 Å². The second kappa shape index (κ2) is 7.90. The van der Waals surface area contributed by atoms with Gasteiger partial charge in [-0.25, -0.2) is 4.79 Å². The minimum atomic E-state index is -0.581. The number of benzene rings is 2. The van der Waals surface area contributed by atoms with Gasteiger partial charge in [0.15, 0.2) is 0 Å². The lowest BCUT2D eigenvalue weighted by Gasteiger charge is -2.49. The first-order valence-corrected chi connectivity index (χ1v) is 11.9. The Labute approximate surface area is 187 Å². The Morgan fingerprint density at radius 1 is 1.10 bits per heavy atom. The van der Waals surface area contributed by atoms with E-state index in [1.54, 1.807) is 11.8 Å². The van der Waals surface area contributed by atoms with E-state index < -0.39 is 12.1 Å². The summed E-state index contributed by atoms with van der Waals surface area (Å²) in [7, 11) is 0. The Kier molecular flexibility index (Phi) is 5.21. The summed E-state index contributed by atoms with van der Waals surface area (Å²) in [5, 5.41) is 3.11. The second-order valence-corrected chi connectivity index (χ2v) is 10.9. The topological polar surface area (TPSA) is 58.6 Å². The highest BCUT2D eigenvalue weighted by atomic mass is 32.2. The lowest BCUT2D eigenvalue weighted by molar-refractivity contribution is -0.136. The van der Waals surface area contributed by atoms with E-state index in [2.05, 4.69) is 29.6 Å². The smallest absolute Gasteiger partial charge is 0.407 e. The Balaban J connectivity index is 1.29. The van der Waals surface area contributed by atoms with E-state index in [9.17, 15) is 9.59 Å². The summed E-state index contributed by atoms with van der Waals surface area (Å²) in [6, 6.07) is 16.0. The van der Waals surface area contributed by atoms with Gasteiger partial charge >= 0.3 is 6.09 Å². The highest BCUT2D eigenvalue weighted by Crippen LogP contribution is 2.45. The Morgan fingerprint density at radius 3 is 2.42 bits per heavy atom. The number of carbonyl (C=O) groups excluding carboxylic acids is 2. The van der Waals surface area contributed by atoms with Crippen LogP contribution in [0.2, 0.25) is 0 Å². The predicted octanol–water partition coefficient (Wildman–Crippen LogP) is 4.76. The molecule has 2 aromatic carbocycles. The van der Waals surface area contributed by atoms with Crippen molar-refractivity contribution in [2.24, 2.45) is 0 Å². The van der Waals surface area contributed by atoms with Crippen molar-refractivity contribution in [3.63, 3.8) is 0 Å². The minimum absolute atomic E-state index is 0.00840. The van der Waals surface area contributed by atoms with Gasteiger partial charge < -0.3 is 15.0 Å². The zero-order valence-electron chi connectivity index (χ0n) is 18.0. The maximum Gasteiger partial charge on any atom is 0.407 e. The zero-order valence-corrected chi connectivity index (χ0v) is 18.8. The van der Waals surface area contributed by atoms with Crippen LogP contribution >= 0.6 is 11.8 Å². The molecule has 3 aliphatic rings. The molecule has 1 aliphatic carbocycles. The highest BCUT2D eigenvalue weighted by molar-refractivity contribution is 8.01. The third-order valence-corrected chi connectivity index (χ3v) is 8.32. The van der Waals surface area contributed by atoms with Gasteiger partial charge in [0.1, 0.15) is 12.6 Å². The van der Waals surface area contributed by atoms with E-state index in [4.69, 9.17) is 4.74 Å². The molecule has 5 nitrogen and oxygen atoms in total. The molecule has 2 amide bonds. The van der Waals surface area contributed by atoms with E-state index in [1.165, 1.54) is 22.3 Å². The first kappa shape index (κ1) is 20.4. The molecule has 2 heterocycles. The number of thioether (sulfide) groups is 1. The number of amides is 2. The molecule has 5 rings (SSSR count). The Hall–Kier alpha value is -2.47. The van der Waals surface area contributed by atoms with Gasteiger partial charge in [0, 0.05) is 17.2 Å². The van der Waals surface area contributed by atoms with Crippen molar-refractivity contribution >= 4 is 23.8 Å². The van der Waals surface area contributed by atoms with Crippen LogP contribution in [0.3, 0.4) is 0 Å². The van der Waals surface area contributed by atoms with Crippen molar-refractivity contribution in [2.75, 3.05) is 13.2 Å². The van der Waals surface area contributed by atoms with Gasteiger partial charge in [-0.15, -0.1) is 11.8 Å². The molecule has 0 bridgehead atoms. The molecule has 2 aromatic rings. The lowest BCUT2D eigenvalue weighted by Crippen LogP contribution is -2.64. The minimum Gasteiger partial charge on any atom is -0.449 e. The van der Waals surface area contributed by atoms with E-state index in [-0.39, 0.29) is 28.6 Å². The molecule has 2 aliphatic heterocycles. The van der Waals surface area contributed by atoms with Crippen LogP contribution in [0.1, 0.15) is 50.2 Å². The quantitative estimate of drug-likeness (QED) is 0.754. The van der Waals surface area contributed by atoms with Gasteiger partial charge in [0.25, 0.3) is 0 Å². The molecule has 0 saturated carbocycles. The number of hydrogen-bond acceptors (Lipinski definition) is 4. The summed E-state index contributed by atoms with van der Waals surface area (Å²) >= 11 is 1.79. The number of piperidine rings is 1. The van der Waals surface area contributed by atoms with Crippen LogP contribution in [0.15, 0.2) is 48.5 Å². The number of nitrogens with zero attached hydrogens (tertiary/aromatic N) is 1. The summed E-state index contributed by atoms with van der Waals surface area (Å²) in [4.78, 5) is 27.9. The van der Waals surface area contributed by atoms with Crippen LogP contribution in [-0.2, 0) is 9.53 Å². The summed E-state index contributed by atoms with van der Waals surface area (Å²) in [6.45, 7) is 5.10. The molecule has 2 saturated heterocycles. The standard InChI is InChI=1S/C25H28N2O3S/c1-25(2)22(23(28)27-14-8-7-13-21(27)31-25)26-24(29)30-15-20-18-11-5-3-9-16(18)17-10-4-6-12-19(17)20/h3-6,9-12,20-22H,7-8,13-15H2,1-2H3,(H,26,29)/t21?,22-/m1/s1. The molecule has 0 spiro atoms. The van der Waals surface area contributed by atoms with Gasteiger partial charge in [0.2, 0.25) is 5.91 Å². The number of ether oxygens (including phenoxy) is 1. The molecule has 0 aromatic heterocycles. The predicted molar refractivity (Wildman–Crippen MR) is 123 cm³/mol. The van der Waals surface area contributed by atoms with E-state index in [0.29, 0.717) is 0 Å². The Morgan fingerprint density at radius 2 is 1.74 bits per heavy atom. The van der Waals surface area contributed by atoms with Gasteiger partial charge in [-0.05, 0) is 55.4 Å². The number of rotatable bonds is 3. The van der Waals surface area contributed by atoms with Crippen LogP contribution in [-0.4, -0.2) is 46.2 Å². The third kappa shape index (κ3) is 3.61. The first-order valence-electron chi connectivity index (χ1n) is 11.1. The van der Waals surface area contributed by atoms with Gasteiger partial charge in [0.05, 0.1) is 5.37 Å². The summed E-state index contributed by atoms with van der Waals surface area (Å²) in [5.41, 5.74) is 4.75. The molecule has 31 heavy (non-hydrogen) atoms. The second-order valence-electron chi connectivity index (χ2n) is 9.11. The average Bonchev–Trinajstić information content (AvgIpc) is 3.09. The van der Waals surface area contributed by atoms with Crippen LogP contribution in [0.5, 0.6) is 0 Å². The largest absolute Gasteiger partial charge is 0.449 e. The summed E-state index contributed by atoms with van der Waals surface area (Å²) in [6.07, 6.45) is 2.68. The van der Waals surface area contributed by atoms with E-state index in [1.807, 2.05) is 43.0 Å². The maximum atomic E-state index is 13.1. The zero-order chi connectivity index (χ0) is 21.6. The van der Waals surface area contributed by atoms with Crippen LogP contribution in [0.25, 0.3) is 11.1 Å². The van der Waals surface area contributed by atoms with Crippen LogP contribution < -0.4 is 5.32 Å². The summed E-state index contributed by atoms with van der Waals surface area (Å²) in [5.74, 6) is 0.0241. The van der Waals surface area contributed by atoms with Gasteiger partial charge in [-0.1, -0.05) is 48.5 Å². The normalized spacial score (nSPS) is 24.2. The maximum absolute atomic E-state index is 13.1. The molecule has 1 N–H and O–H groups in total.